The van der Waals surface area contributed by atoms with Gasteiger partial charge in [0, 0.05) is 32.5 Å². The van der Waals surface area contributed by atoms with Gasteiger partial charge in [-0.25, -0.2) is 14.4 Å². The van der Waals surface area contributed by atoms with Gasteiger partial charge in [-0.1, -0.05) is 6.07 Å². The number of methoxy groups -OCH3 is 1. The van der Waals surface area contributed by atoms with E-state index in [1.165, 1.54) is 12.1 Å². The summed E-state index contributed by atoms with van der Waals surface area (Å²) in [6, 6.07) is 9.47. The minimum atomic E-state index is -0.302. The highest BCUT2D eigenvalue weighted by molar-refractivity contribution is 14.0. The van der Waals surface area contributed by atoms with Crippen molar-refractivity contribution in [2.75, 3.05) is 26.8 Å². The van der Waals surface area contributed by atoms with Gasteiger partial charge >= 0.3 is 0 Å². The summed E-state index contributed by atoms with van der Waals surface area (Å²) in [5.74, 6) is 1.41. The molecule has 1 heterocycles. The van der Waals surface area contributed by atoms with Crippen molar-refractivity contribution in [3.63, 3.8) is 0 Å². The summed E-state index contributed by atoms with van der Waals surface area (Å²) in [6.45, 7) is 4.58. The first-order valence-corrected chi connectivity index (χ1v) is 8.10. The Morgan fingerprint density at radius 2 is 1.92 bits per heavy atom. The number of guanidine groups is 1. The summed E-state index contributed by atoms with van der Waals surface area (Å²) in [7, 11) is 1.66. The quantitative estimate of drug-likeness (QED) is 0.266. The fraction of sp³-hybridized carbons (Fsp3) is 0.333. The predicted octanol–water partition coefficient (Wildman–Crippen LogP) is 3.33. The first-order valence-electron chi connectivity index (χ1n) is 8.10. The van der Waals surface area contributed by atoms with Crippen LogP contribution in [0.15, 0.2) is 47.6 Å². The Balaban J connectivity index is 0.00000338. The van der Waals surface area contributed by atoms with Gasteiger partial charge in [-0.2, -0.15) is 0 Å². The number of aliphatic imine (C=N–C) groups is 1. The van der Waals surface area contributed by atoms with Crippen LogP contribution in [-0.2, 0) is 11.3 Å². The van der Waals surface area contributed by atoms with E-state index in [2.05, 4.69) is 20.6 Å². The first-order chi connectivity index (χ1) is 12.2. The van der Waals surface area contributed by atoms with Gasteiger partial charge in [0.05, 0.1) is 13.2 Å². The zero-order valence-corrected chi connectivity index (χ0v) is 17.2. The smallest absolute Gasteiger partial charge is 0.219 e. The number of hydrogen-bond donors (Lipinski definition) is 2. The number of pyridine rings is 1. The molecule has 26 heavy (non-hydrogen) atoms. The van der Waals surface area contributed by atoms with E-state index >= 15 is 0 Å². The second-order valence-electron chi connectivity index (χ2n) is 5.18. The van der Waals surface area contributed by atoms with Crippen molar-refractivity contribution in [3.8, 4) is 11.6 Å². The van der Waals surface area contributed by atoms with Gasteiger partial charge < -0.3 is 20.1 Å². The monoisotopic (exact) mass is 474 g/mol. The minimum absolute atomic E-state index is 0. The number of nitrogens with zero attached hydrogens (tertiary/aromatic N) is 2. The Morgan fingerprint density at radius 1 is 1.15 bits per heavy atom. The van der Waals surface area contributed by atoms with Crippen molar-refractivity contribution in [3.05, 3.63) is 54.0 Å². The molecule has 0 amide bonds. The van der Waals surface area contributed by atoms with E-state index in [1.807, 2.05) is 13.0 Å². The van der Waals surface area contributed by atoms with Gasteiger partial charge in [-0.15, -0.1) is 24.0 Å². The maximum atomic E-state index is 12.9. The summed E-state index contributed by atoms with van der Waals surface area (Å²) >= 11 is 0. The molecule has 0 aliphatic rings. The molecule has 142 valence electrons. The highest BCUT2D eigenvalue weighted by Crippen LogP contribution is 2.19. The van der Waals surface area contributed by atoms with Crippen LogP contribution >= 0.6 is 24.0 Å². The van der Waals surface area contributed by atoms with Crippen LogP contribution in [0.3, 0.4) is 0 Å². The normalized spacial score (nSPS) is 10.8. The Morgan fingerprint density at radius 3 is 2.54 bits per heavy atom. The third-order valence-corrected chi connectivity index (χ3v) is 3.20. The zero-order chi connectivity index (χ0) is 17.9. The lowest BCUT2D eigenvalue weighted by Crippen LogP contribution is -2.38. The van der Waals surface area contributed by atoms with Crippen LogP contribution in [-0.4, -0.2) is 37.7 Å². The Hall–Kier alpha value is -1.94. The molecule has 8 heteroatoms. The van der Waals surface area contributed by atoms with Crippen LogP contribution in [0, 0.1) is 5.82 Å². The van der Waals surface area contributed by atoms with Crippen molar-refractivity contribution in [2.24, 2.45) is 4.99 Å². The van der Waals surface area contributed by atoms with Gasteiger partial charge in [-0.3, -0.25) is 0 Å². The second kappa shape index (κ2) is 12.4. The lowest BCUT2D eigenvalue weighted by Gasteiger charge is -2.10. The number of aromatic nitrogens is 1. The van der Waals surface area contributed by atoms with Crippen molar-refractivity contribution in [1.82, 2.24) is 15.6 Å². The number of halogens is 2. The number of hydrogen-bond acceptors (Lipinski definition) is 4. The summed E-state index contributed by atoms with van der Waals surface area (Å²) in [6.07, 6.45) is 1.71. The molecule has 0 saturated heterocycles. The molecule has 2 rings (SSSR count). The maximum Gasteiger partial charge on any atom is 0.219 e. The third-order valence-electron chi connectivity index (χ3n) is 3.20. The number of benzene rings is 1. The summed E-state index contributed by atoms with van der Waals surface area (Å²) < 4.78 is 23.5. The lowest BCUT2D eigenvalue weighted by molar-refractivity contribution is 0.203. The standard InChI is InChI=1S/C18H23FN4O2.HI/c1-3-20-18(21-10-11-24-2)23-13-14-4-9-17(22-12-14)25-16-7-5-15(19)6-8-16;/h4-9,12H,3,10-11,13H2,1-2H3,(H2,20,21,23);1H. The van der Waals surface area contributed by atoms with Crippen molar-refractivity contribution in [2.45, 2.75) is 13.5 Å². The highest BCUT2D eigenvalue weighted by Gasteiger charge is 2.01. The van der Waals surface area contributed by atoms with E-state index in [9.17, 15) is 4.39 Å². The van der Waals surface area contributed by atoms with Crippen LogP contribution in [0.2, 0.25) is 0 Å². The van der Waals surface area contributed by atoms with E-state index in [1.54, 1.807) is 31.5 Å². The van der Waals surface area contributed by atoms with Gasteiger partial charge in [0.15, 0.2) is 5.96 Å². The number of nitrogens with one attached hydrogen (secondary N) is 2. The van der Waals surface area contributed by atoms with Crippen LogP contribution in [0.1, 0.15) is 12.5 Å². The highest BCUT2D eigenvalue weighted by atomic mass is 127. The Kier molecular flexibility index (Phi) is 10.6. The molecule has 1 aromatic carbocycles. The number of rotatable bonds is 8. The fourth-order valence-electron chi connectivity index (χ4n) is 1.97. The molecule has 0 radical (unpaired) electrons. The number of ether oxygens (including phenoxy) is 2. The van der Waals surface area contributed by atoms with E-state index in [0.717, 1.165) is 18.1 Å². The van der Waals surface area contributed by atoms with Gasteiger partial charge in [-0.05, 0) is 36.8 Å². The molecule has 2 N–H and O–H groups in total. The van der Waals surface area contributed by atoms with Crippen LogP contribution in [0.25, 0.3) is 0 Å². The summed E-state index contributed by atoms with van der Waals surface area (Å²) in [5, 5.41) is 6.35. The molecule has 0 aliphatic carbocycles. The molecule has 0 bridgehead atoms. The third kappa shape index (κ3) is 7.96. The second-order valence-corrected chi connectivity index (χ2v) is 5.18. The summed E-state index contributed by atoms with van der Waals surface area (Å²) in [5.41, 5.74) is 0.954. The molecule has 0 unspecified atom stereocenters. The van der Waals surface area contributed by atoms with Crippen LogP contribution < -0.4 is 15.4 Å². The molecule has 0 saturated carbocycles. The van der Waals surface area contributed by atoms with E-state index in [-0.39, 0.29) is 29.8 Å². The van der Waals surface area contributed by atoms with Crippen molar-refractivity contribution >= 4 is 29.9 Å². The molecule has 6 nitrogen and oxygen atoms in total. The SMILES string of the molecule is CCNC(=NCc1ccc(Oc2ccc(F)cc2)nc1)NCCOC.I. The average Bonchev–Trinajstić information content (AvgIpc) is 2.63. The maximum absolute atomic E-state index is 12.9. The molecule has 0 fully saturated rings. The topological polar surface area (TPSA) is 67.8 Å². The van der Waals surface area contributed by atoms with E-state index < -0.39 is 0 Å². The fourth-order valence-corrected chi connectivity index (χ4v) is 1.97. The summed E-state index contributed by atoms with van der Waals surface area (Å²) in [4.78, 5) is 8.74. The Bertz CT molecular complexity index is 666. The lowest BCUT2D eigenvalue weighted by atomic mass is 10.3. The largest absolute Gasteiger partial charge is 0.439 e. The molecule has 2 aromatic rings. The molecule has 0 aliphatic heterocycles. The van der Waals surface area contributed by atoms with Crippen LogP contribution in [0.4, 0.5) is 4.39 Å². The van der Waals surface area contributed by atoms with Crippen LogP contribution in [0.5, 0.6) is 11.6 Å². The molecule has 1 aromatic heterocycles. The molecule has 0 spiro atoms. The average molecular weight is 474 g/mol. The Labute approximate surface area is 170 Å². The van der Waals surface area contributed by atoms with Crippen molar-refractivity contribution < 1.29 is 13.9 Å². The van der Waals surface area contributed by atoms with Gasteiger partial charge in [0.1, 0.15) is 11.6 Å². The predicted molar refractivity (Wildman–Crippen MR) is 111 cm³/mol. The first kappa shape index (κ1) is 22.1. The van der Waals surface area contributed by atoms with Crippen molar-refractivity contribution in [1.29, 1.82) is 0 Å². The molecule has 0 atom stereocenters. The molecular formula is C18H24FIN4O2. The zero-order valence-electron chi connectivity index (χ0n) is 14.9. The van der Waals surface area contributed by atoms with Gasteiger partial charge in [0.25, 0.3) is 0 Å². The minimum Gasteiger partial charge on any atom is -0.439 e. The molecular weight excluding hydrogens is 450 g/mol. The van der Waals surface area contributed by atoms with E-state index in [0.29, 0.717) is 31.3 Å². The van der Waals surface area contributed by atoms with Gasteiger partial charge in [0.2, 0.25) is 5.88 Å². The van der Waals surface area contributed by atoms with E-state index in [4.69, 9.17) is 9.47 Å².